The van der Waals surface area contributed by atoms with Gasteiger partial charge in [-0.1, -0.05) is 24.0 Å². The number of hydrogen-bond donors (Lipinski definition) is 1. The Kier molecular flexibility index (Phi) is 5.05. The maximum absolute atomic E-state index is 11.4. The first-order valence-electron chi connectivity index (χ1n) is 4.32. The molecular weight excluding hydrogens is 238 g/mol. The van der Waals surface area contributed by atoms with Gasteiger partial charge in [0, 0.05) is 12.3 Å². The smallest absolute Gasteiger partial charge is 0.329 e. The van der Waals surface area contributed by atoms with Crippen LogP contribution in [-0.4, -0.2) is 46.4 Å². The molecule has 1 rings (SSSR count). The topological polar surface area (TPSA) is 29.5 Å². The van der Waals surface area contributed by atoms with E-state index in [2.05, 4.69) is 12.6 Å². The third-order valence-electron chi connectivity index (χ3n) is 2.01. The van der Waals surface area contributed by atoms with Crippen molar-refractivity contribution in [3.63, 3.8) is 0 Å². The minimum Gasteiger partial charge on any atom is -0.467 e. The van der Waals surface area contributed by atoms with Crippen LogP contribution in [0.3, 0.4) is 0 Å². The quantitative estimate of drug-likeness (QED) is 0.460. The molecule has 3 nitrogen and oxygen atoms in total. The summed E-state index contributed by atoms with van der Waals surface area (Å²) in [5.74, 6) is 1.31. The zero-order valence-electron chi connectivity index (χ0n) is 7.93. The summed E-state index contributed by atoms with van der Waals surface area (Å²) in [7, 11) is 1.41. The number of esters is 1. The summed E-state index contributed by atoms with van der Waals surface area (Å²) in [6.07, 6.45) is 0.928. The Hall–Kier alpha value is 0.0600. The van der Waals surface area contributed by atoms with Gasteiger partial charge in [-0.3, -0.25) is 0 Å². The van der Waals surface area contributed by atoms with E-state index in [4.69, 9.17) is 17.0 Å². The lowest BCUT2D eigenvalue weighted by Crippen LogP contribution is -2.40. The van der Waals surface area contributed by atoms with Gasteiger partial charge in [-0.05, 0) is 12.2 Å². The highest BCUT2D eigenvalue weighted by atomic mass is 32.2. The van der Waals surface area contributed by atoms with Crippen LogP contribution in [0.25, 0.3) is 0 Å². The van der Waals surface area contributed by atoms with Crippen molar-refractivity contribution < 1.29 is 9.53 Å². The van der Waals surface area contributed by atoms with Crippen LogP contribution < -0.4 is 0 Å². The fourth-order valence-electron chi connectivity index (χ4n) is 1.27. The standard InChI is InChI=1S/C8H13NO2S3/c1-11-7(10)6-5-14-8(13)9(6)3-2-4-12/h6,12H,2-5H2,1H3/t6-/m0/s1. The van der Waals surface area contributed by atoms with E-state index in [1.165, 1.54) is 18.9 Å². The molecule has 0 aliphatic carbocycles. The fourth-order valence-corrected chi connectivity index (χ4v) is 2.83. The highest BCUT2D eigenvalue weighted by molar-refractivity contribution is 8.23. The van der Waals surface area contributed by atoms with Gasteiger partial charge in [0.15, 0.2) is 0 Å². The number of thiocarbonyl (C=S) groups is 1. The number of ether oxygens (including phenoxy) is 1. The molecule has 1 atom stereocenters. The monoisotopic (exact) mass is 251 g/mol. The number of rotatable bonds is 4. The lowest BCUT2D eigenvalue weighted by Gasteiger charge is -2.22. The zero-order valence-corrected chi connectivity index (χ0v) is 10.5. The predicted molar refractivity (Wildman–Crippen MR) is 66.0 cm³/mol. The average Bonchev–Trinajstić information content (AvgIpc) is 2.56. The van der Waals surface area contributed by atoms with E-state index in [0.717, 1.165) is 23.0 Å². The van der Waals surface area contributed by atoms with Gasteiger partial charge in [-0.2, -0.15) is 12.6 Å². The Morgan fingerprint density at radius 3 is 3.14 bits per heavy atom. The fraction of sp³-hybridized carbons (Fsp3) is 0.750. The molecule has 14 heavy (non-hydrogen) atoms. The summed E-state index contributed by atoms with van der Waals surface area (Å²) >= 11 is 10.8. The number of hydrogen-bond acceptors (Lipinski definition) is 5. The van der Waals surface area contributed by atoms with Gasteiger partial charge in [-0.25, -0.2) is 4.79 Å². The second-order valence-electron chi connectivity index (χ2n) is 2.89. The number of carbonyl (C=O) groups excluding carboxylic acids is 1. The highest BCUT2D eigenvalue weighted by Crippen LogP contribution is 2.25. The van der Waals surface area contributed by atoms with Crippen molar-refractivity contribution in [1.29, 1.82) is 0 Å². The second-order valence-corrected chi connectivity index (χ2v) is 4.99. The van der Waals surface area contributed by atoms with Gasteiger partial charge in [0.2, 0.25) is 0 Å². The first kappa shape index (κ1) is 12.1. The van der Waals surface area contributed by atoms with Crippen molar-refractivity contribution in [2.75, 3.05) is 25.2 Å². The van der Waals surface area contributed by atoms with Gasteiger partial charge in [0.25, 0.3) is 0 Å². The molecule has 6 heteroatoms. The van der Waals surface area contributed by atoms with Crippen LogP contribution in [0.1, 0.15) is 6.42 Å². The van der Waals surface area contributed by atoms with Crippen LogP contribution in [0.5, 0.6) is 0 Å². The van der Waals surface area contributed by atoms with E-state index in [0.29, 0.717) is 5.75 Å². The van der Waals surface area contributed by atoms with E-state index < -0.39 is 0 Å². The molecular formula is C8H13NO2S3. The molecule has 0 unspecified atom stereocenters. The van der Waals surface area contributed by atoms with Crippen LogP contribution in [0.15, 0.2) is 0 Å². The number of methoxy groups -OCH3 is 1. The Morgan fingerprint density at radius 1 is 1.86 bits per heavy atom. The van der Waals surface area contributed by atoms with E-state index in [9.17, 15) is 4.79 Å². The van der Waals surface area contributed by atoms with Crippen molar-refractivity contribution in [3.05, 3.63) is 0 Å². The lowest BCUT2D eigenvalue weighted by atomic mass is 10.3. The molecule has 0 bridgehead atoms. The van der Waals surface area contributed by atoms with Crippen molar-refractivity contribution in [3.8, 4) is 0 Å². The Balaban J connectivity index is 2.57. The van der Waals surface area contributed by atoms with E-state index in [1.54, 1.807) is 0 Å². The molecule has 0 aromatic heterocycles. The minimum atomic E-state index is -0.198. The average molecular weight is 251 g/mol. The van der Waals surface area contributed by atoms with Crippen LogP contribution in [0.4, 0.5) is 0 Å². The number of thioether (sulfide) groups is 1. The summed E-state index contributed by atoms with van der Waals surface area (Å²) in [6, 6.07) is -0.197. The predicted octanol–water partition coefficient (Wildman–Crippen LogP) is 1.18. The molecule has 0 radical (unpaired) electrons. The Morgan fingerprint density at radius 2 is 2.57 bits per heavy atom. The molecule has 1 aliphatic rings. The summed E-state index contributed by atoms with van der Waals surface area (Å²) < 4.78 is 5.51. The molecule has 0 N–H and O–H groups in total. The van der Waals surface area contributed by atoms with E-state index in [1.807, 2.05) is 4.90 Å². The third-order valence-corrected chi connectivity index (χ3v) is 3.87. The molecule has 0 aromatic rings. The van der Waals surface area contributed by atoms with Crippen LogP contribution in [-0.2, 0) is 9.53 Å². The molecule has 1 aliphatic heterocycles. The molecule has 1 heterocycles. The summed E-state index contributed by atoms with van der Waals surface area (Å²) in [5, 5.41) is 0. The van der Waals surface area contributed by atoms with Gasteiger partial charge < -0.3 is 9.64 Å². The SMILES string of the molecule is COC(=O)[C@@H]1CSC(=S)N1CCCS. The second kappa shape index (κ2) is 5.82. The summed E-state index contributed by atoms with van der Waals surface area (Å²) in [5.41, 5.74) is 0. The van der Waals surface area contributed by atoms with Crippen molar-refractivity contribution >= 4 is 46.9 Å². The zero-order chi connectivity index (χ0) is 10.6. The maximum Gasteiger partial charge on any atom is 0.329 e. The Bertz CT molecular complexity index is 235. The van der Waals surface area contributed by atoms with Crippen LogP contribution >= 0.6 is 36.6 Å². The van der Waals surface area contributed by atoms with E-state index in [-0.39, 0.29) is 12.0 Å². The normalized spacial score (nSPS) is 21.4. The van der Waals surface area contributed by atoms with E-state index >= 15 is 0 Å². The minimum absolute atomic E-state index is 0.197. The van der Waals surface area contributed by atoms with Crippen molar-refractivity contribution in [2.45, 2.75) is 12.5 Å². The number of nitrogens with zero attached hydrogens (tertiary/aromatic N) is 1. The summed E-state index contributed by atoms with van der Waals surface area (Å²) in [4.78, 5) is 13.3. The van der Waals surface area contributed by atoms with Crippen molar-refractivity contribution in [2.24, 2.45) is 0 Å². The van der Waals surface area contributed by atoms with Crippen LogP contribution in [0, 0.1) is 0 Å². The van der Waals surface area contributed by atoms with Crippen molar-refractivity contribution in [1.82, 2.24) is 4.90 Å². The Labute approximate surface area is 99.0 Å². The molecule has 1 saturated heterocycles. The first-order valence-corrected chi connectivity index (χ1v) is 6.35. The van der Waals surface area contributed by atoms with Gasteiger partial charge in [-0.15, -0.1) is 0 Å². The maximum atomic E-state index is 11.4. The lowest BCUT2D eigenvalue weighted by molar-refractivity contribution is -0.144. The molecule has 0 aromatic carbocycles. The molecule has 80 valence electrons. The van der Waals surface area contributed by atoms with Gasteiger partial charge in [0.05, 0.1) is 7.11 Å². The number of carbonyl (C=O) groups is 1. The largest absolute Gasteiger partial charge is 0.467 e. The third kappa shape index (κ3) is 2.77. The van der Waals surface area contributed by atoms with Gasteiger partial charge >= 0.3 is 5.97 Å². The van der Waals surface area contributed by atoms with Crippen LogP contribution in [0.2, 0.25) is 0 Å². The molecule has 0 amide bonds. The highest BCUT2D eigenvalue weighted by Gasteiger charge is 2.34. The van der Waals surface area contributed by atoms with Gasteiger partial charge in [0.1, 0.15) is 10.4 Å². The molecule has 0 spiro atoms. The number of thiol groups is 1. The first-order chi connectivity index (χ1) is 6.70. The summed E-state index contributed by atoms with van der Waals surface area (Å²) in [6.45, 7) is 0.787. The molecule has 0 saturated carbocycles. The molecule has 1 fully saturated rings.